The van der Waals surface area contributed by atoms with E-state index in [4.69, 9.17) is 10.5 Å². The number of carbonyl (C=O) groups is 1. The van der Waals surface area contributed by atoms with Gasteiger partial charge in [0.05, 0.1) is 13.2 Å². The standard InChI is InChI=1S/C11H17N3O2/c1-9-3-2-5-13-10(9)11(15)14-6-8-16-7-4-12/h2-3,5H,4,6-8,12H2,1H3,(H,14,15). The molecule has 0 aliphatic rings. The molecule has 88 valence electrons. The molecule has 0 aliphatic heterocycles. The summed E-state index contributed by atoms with van der Waals surface area (Å²) in [6, 6.07) is 3.66. The molecule has 0 atom stereocenters. The van der Waals surface area contributed by atoms with Gasteiger partial charge in [-0.3, -0.25) is 9.78 Å². The number of aryl methyl sites for hydroxylation is 1. The average molecular weight is 223 g/mol. The molecular weight excluding hydrogens is 206 g/mol. The van der Waals surface area contributed by atoms with Gasteiger partial charge in [0, 0.05) is 19.3 Å². The molecular formula is C11H17N3O2. The average Bonchev–Trinajstić information content (AvgIpc) is 2.29. The summed E-state index contributed by atoms with van der Waals surface area (Å²) >= 11 is 0. The number of nitrogens with one attached hydrogen (secondary N) is 1. The summed E-state index contributed by atoms with van der Waals surface area (Å²) in [5, 5.41) is 2.73. The number of hydrogen-bond donors (Lipinski definition) is 2. The summed E-state index contributed by atoms with van der Waals surface area (Å²) in [5.41, 5.74) is 6.58. The van der Waals surface area contributed by atoms with Crippen molar-refractivity contribution in [1.82, 2.24) is 10.3 Å². The molecule has 1 heterocycles. The Bertz CT molecular complexity index is 342. The highest BCUT2D eigenvalue weighted by molar-refractivity contribution is 5.93. The fourth-order valence-electron chi connectivity index (χ4n) is 1.23. The fourth-order valence-corrected chi connectivity index (χ4v) is 1.23. The van der Waals surface area contributed by atoms with Crippen LogP contribution in [0.25, 0.3) is 0 Å². The van der Waals surface area contributed by atoms with Gasteiger partial charge in [0.1, 0.15) is 5.69 Å². The van der Waals surface area contributed by atoms with Crippen molar-refractivity contribution >= 4 is 5.91 Å². The molecule has 0 fully saturated rings. The minimum Gasteiger partial charge on any atom is -0.378 e. The highest BCUT2D eigenvalue weighted by Gasteiger charge is 2.08. The molecule has 1 amide bonds. The van der Waals surface area contributed by atoms with Crippen LogP contribution in [0.1, 0.15) is 16.1 Å². The second-order valence-electron chi connectivity index (χ2n) is 3.33. The van der Waals surface area contributed by atoms with Gasteiger partial charge in [-0.25, -0.2) is 0 Å². The topological polar surface area (TPSA) is 77.2 Å². The first-order valence-electron chi connectivity index (χ1n) is 5.23. The smallest absolute Gasteiger partial charge is 0.270 e. The number of nitrogens with zero attached hydrogens (tertiary/aromatic N) is 1. The predicted octanol–water partition coefficient (Wildman–Crippen LogP) is 0.0951. The molecule has 1 aromatic rings. The largest absolute Gasteiger partial charge is 0.378 e. The van der Waals surface area contributed by atoms with E-state index in [-0.39, 0.29) is 5.91 Å². The maximum atomic E-state index is 11.6. The van der Waals surface area contributed by atoms with Crippen LogP contribution in [-0.4, -0.2) is 37.2 Å². The Labute approximate surface area is 95.0 Å². The summed E-state index contributed by atoms with van der Waals surface area (Å²) < 4.78 is 5.14. The van der Waals surface area contributed by atoms with E-state index >= 15 is 0 Å². The van der Waals surface area contributed by atoms with Gasteiger partial charge in [0.2, 0.25) is 0 Å². The second-order valence-corrected chi connectivity index (χ2v) is 3.33. The van der Waals surface area contributed by atoms with Crippen LogP contribution in [0.4, 0.5) is 0 Å². The number of carbonyl (C=O) groups excluding carboxylic acids is 1. The van der Waals surface area contributed by atoms with E-state index in [0.717, 1.165) is 5.56 Å². The summed E-state index contributed by atoms with van der Waals surface area (Å²) in [6.45, 7) is 3.79. The molecule has 5 heteroatoms. The molecule has 0 aromatic carbocycles. The van der Waals surface area contributed by atoms with E-state index < -0.39 is 0 Å². The molecule has 1 rings (SSSR count). The highest BCUT2D eigenvalue weighted by Crippen LogP contribution is 2.01. The van der Waals surface area contributed by atoms with Crippen molar-refractivity contribution in [2.45, 2.75) is 6.92 Å². The maximum absolute atomic E-state index is 11.6. The van der Waals surface area contributed by atoms with Crippen LogP contribution in [0, 0.1) is 6.92 Å². The second kappa shape index (κ2) is 6.92. The molecule has 0 aliphatic carbocycles. The Morgan fingerprint density at radius 2 is 2.38 bits per heavy atom. The lowest BCUT2D eigenvalue weighted by atomic mass is 10.2. The van der Waals surface area contributed by atoms with E-state index in [1.54, 1.807) is 12.3 Å². The Morgan fingerprint density at radius 1 is 1.56 bits per heavy atom. The Kier molecular flexibility index (Phi) is 5.45. The van der Waals surface area contributed by atoms with E-state index in [9.17, 15) is 4.79 Å². The van der Waals surface area contributed by atoms with Crippen LogP contribution < -0.4 is 11.1 Å². The van der Waals surface area contributed by atoms with Crippen LogP contribution in [0.5, 0.6) is 0 Å². The molecule has 0 saturated carbocycles. The van der Waals surface area contributed by atoms with Gasteiger partial charge in [-0.2, -0.15) is 0 Å². The van der Waals surface area contributed by atoms with E-state index in [2.05, 4.69) is 10.3 Å². The normalized spacial score (nSPS) is 10.1. The number of amides is 1. The van der Waals surface area contributed by atoms with Crippen molar-refractivity contribution in [3.63, 3.8) is 0 Å². The van der Waals surface area contributed by atoms with Crippen LogP contribution >= 0.6 is 0 Å². The Balaban J connectivity index is 2.33. The first-order valence-corrected chi connectivity index (χ1v) is 5.23. The minimum atomic E-state index is -0.172. The Hall–Kier alpha value is -1.46. The molecule has 1 aromatic heterocycles. The van der Waals surface area contributed by atoms with Crippen molar-refractivity contribution in [2.24, 2.45) is 5.73 Å². The number of aromatic nitrogens is 1. The molecule has 0 spiro atoms. The molecule has 0 radical (unpaired) electrons. The lowest BCUT2D eigenvalue weighted by Crippen LogP contribution is -2.29. The van der Waals surface area contributed by atoms with Crippen LogP contribution in [0.2, 0.25) is 0 Å². The van der Waals surface area contributed by atoms with Crippen molar-refractivity contribution in [3.05, 3.63) is 29.6 Å². The number of pyridine rings is 1. The van der Waals surface area contributed by atoms with Crippen LogP contribution in [0.15, 0.2) is 18.3 Å². The van der Waals surface area contributed by atoms with Crippen molar-refractivity contribution in [1.29, 1.82) is 0 Å². The van der Waals surface area contributed by atoms with Crippen molar-refractivity contribution in [3.8, 4) is 0 Å². The zero-order valence-electron chi connectivity index (χ0n) is 9.40. The number of hydrogen-bond acceptors (Lipinski definition) is 4. The molecule has 0 unspecified atom stereocenters. The summed E-state index contributed by atoms with van der Waals surface area (Å²) in [4.78, 5) is 15.7. The monoisotopic (exact) mass is 223 g/mol. The first kappa shape index (κ1) is 12.6. The number of rotatable bonds is 6. The van der Waals surface area contributed by atoms with Crippen molar-refractivity contribution < 1.29 is 9.53 Å². The van der Waals surface area contributed by atoms with Crippen LogP contribution in [-0.2, 0) is 4.74 Å². The van der Waals surface area contributed by atoms with E-state index in [0.29, 0.717) is 32.0 Å². The lowest BCUT2D eigenvalue weighted by molar-refractivity contribution is 0.0914. The van der Waals surface area contributed by atoms with Gasteiger partial charge in [0.15, 0.2) is 0 Å². The third-order valence-corrected chi connectivity index (χ3v) is 2.02. The van der Waals surface area contributed by atoms with Gasteiger partial charge >= 0.3 is 0 Å². The predicted molar refractivity (Wildman–Crippen MR) is 61.2 cm³/mol. The van der Waals surface area contributed by atoms with E-state index in [1.807, 2.05) is 13.0 Å². The van der Waals surface area contributed by atoms with Gasteiger partial charge in [-0.15, -0.1) is 0 Å². The summed E-state index contributed by atoms with van der Waals surface area (Å²) in [7, 11) is 0. The third-order valence-electron chi connectivity index (χ3n) is 2.02. The lowest BCUT2D eigenvalue weighted by Gasteiger charge is -2.06. The number of nitrogens with two attached hydrogens (primary N) is 1. The molecule has 16 heavy (non-hydrogen) atoms. The zero-order chi connectivity index (χ0) is 11.8. The van der Waals surface area contributed by atoms with Gasteiger partial charge in [0.25, 0.3) is 5.91 Å². The molecule has 5 nitrogen and oxygen atoms in total. The highest BCUT2D eigenvalue weighted by atomic mass is 16.5. The minimum absolute atomic E-state index is 0.172. The van der Waals surface area contributed by atoms with Gasteiger partial charge in [-0.1, -0.05) is 6.07 Å². The quantitative estimate of drug-likeness (QED) is 0.670. The number of ether oxygens (including phenoxy) is 1. The molecule has 0 saturated heterocycles. The maximum Gasteiger partial charge on any atom is 0.270 e. The molecule has 0 bridgehead atoms. The third kappa shape index (κ3) is 3.96. The summed E-state index contributed by atoms with van der Waals surface area (Å²) in [6.07, 6.45) is 1.60. The fraction of sp³-hybridized carbons (Fsp3) is 0.455. The van der Waals surface area contributed by atoms with Gasteiger partial charge < -0.3 is 15.8 Å². The Morgan fingerprint density at radius 3 is 3.06 bits per heavy atom. The van der Waals surface area contributed by atoms with Crippen LogP contribution in [0.3, 0.4) is 0 Å². The van der Waals surface area contributed by atoms with Crippen molar-refractivity contribution in [2.75, 3.05) is 26.3 Å². The SMILES string of the molecule is Cc1cccnc1C(=O)NCCOCCN. The first-order chi connectivity index (χ1) is 7.75. The zero-order valence-corrected chi connectivity index (χ0v) is 9.40. The summed E-state index contributed by atoms with van der Waals surface area (Å²) in [5.74, 6) is -0.172. The van der Waals surface area contributed by atoms with E-state index in [1.165, 1.54) is 0 Å². The van der Waals surface area contributed by atoms with Gasteiger partial charge in [-0.05, 0) is 18.6 Å². The molecule has 3 N–H and O–H groups in total.